The molecule has 1 N–H and O–H groups in total. The number of benzene rings is 1. The van der Waals surface area contributed by atoms with E-state index in [1.807, 2.05) is 72.3 Å². The summed E-state index contributed by atoms with van der Waals surface area (Å²) in [4.78, 5) is 21.8. The Kier molecular flexibility index (Phi) is 3.82. The van der Waals surface area contributed by atoms with Crippen LogP contribution in [-0.4, -0.2) is 20.3 Å². The third kappa shape index (κ3) is 2.81. The van der Waals surface area contributed by atoms with Crippen molar-refractivity contribution >= 4 is 28.0 Å². The van der Waals surface area contributed by atoms with Crippen molar-refractivity contribution in [3.05, 3.63) is 71.0 Å². The van der Waals surface area contributed by atoms with Gasteiger partial charge >= 0.3 is 0 Å². The van der Waals surface area contributed by atoms with Gasteiger partial charge in [-0.15, -0.1) is 11.3 Å². The second kappa shape index (κ2) is 6.14. The average molecular weight is 348 g/mol. The van der Waals surface area contributed by atoms with Crippen LogP contribution in [0, 0.1) is 13.8 Å². The Morgan fingerprint density at radius 2 is 1.88 bits per heavy atom. The first-order chi connectivity index (χ1) is 12.1. The molecule has 0 bridgehead atoms. The first-order valence-corrected chi connectivity index (χ1v) is 8.78. The maximum atomic E-state index is 12.8. The quantitative estimate of drug-likeness (QED) is 0.599. The summed E-state index contributed by atoms with van der Waals surface area (Å²) in [5.41, 5.74) is 4.95. The van der Waals surface area contributed by atoms with Gasteiger partial charge in [-0.3, -0.25) is 14.5 Å². The molecule has 0 aliphatic rings. The van der Waals surface area contributed by atoms with Gasteiger partial charge < -0.3 is 0 Å². The molecule has 1 aromatic carbocycles. The van der Waals surface area contributed by atoms with Gasteiger partial charge in [-0.1, -0.05) is 36.4 Å². The number of imidazole rings is 1. The predicted octanol–water partition coefficient (Wildman–Crippen LogP) is 4.33. The number of hydrogen-bond donors (Lipinski definition) is 1. The van der Waals surface area contributed by atoms with E-state index in [-0.39, 0.29) is 5.91 Å². The lowest BCUT2D eigenvalue weighted by atomic mass is 10.2. The van der Waals surface area contributed by atoms with Crippen molar-refractivity contribution in [3.63, 3.8) is 0 Å². The summed E-state index contributed by atoms with van der Waals surface area (Å²) in [5, 5.41) is 5.41. The van der Waals surface area contributed by atoms with E-state index in [9.17, 15) is 4.79 Å². The lowest BCUT2D eigenvalue weighted by Gasteiger charge is -2.04. The number of aromatic nitrogens is 3. The van der Waals surface area contributed by atoms with Crippen molar-refractivity contribution in [2.45, 2.75) is 13.8 Å². The van der Waals surface area contributed by atoms with Crippen molar-refractivity contribution in [3.8, 4) is 11.3 Å². The standard InChI is InChI=1S/C19H16N4OS/c1-12-7-6-10-23-16(13(2)20-17(12)23)18(24)22-19-21-15(11-25-19)14-8-4-3-5-9-14/h3-11H,1-2H3,(H,21,22,24). The van der Waals surface area contributed by atoms with Crippen molar-refractivity contribution in [2.75, 3.05) is 5.32 Å². The van der Waals surface area contributed by atoms with Gasteiger partial charge in [-0.05, 0) is 25.5 Å². The Hall–Kier alpha value is -2.99. The molecular formula is C19H16N4OS. The molecule has 6 heteroatoms. The van der Waals surface area contributed by atoms with Crippen LogP contribution in [0.4, 0.5) is 5.13 Å². The molecule has 5 nitrogen and oxygen atoms in total. The smallest absolute Gasteiger partial charge is 0.276 e. The topological polar surface area (TPSA) is 59.3 Å². The zero-order chi connectivity index (χ0) is 17.4. The molecule has 0 saturated carbocycles. The van der Waals surface area contributed by atoms with E-state index in [4.69, 9.17) is 0 Å². The van der Waals surface area contributed by atoms with E-state index in [0.29, 0.717) is 16.5 Å². The van der Waals surface area contributed by atoms with Crippen molar-refractivity contribution in [1.29, 1.82) is 0 Å². The number of fused-ring (bicyclic) bond motifs is 1. The normalized spacial score (nSPS) is 11.0. The van der Waals surface area contributed by atoms with Crippen molar-refractivity contribution in [2.24, 2.45) is 0 Å². The number of anilines is 1. The molecule has 1 amide bonds. The molecule has 0 fully saturated rings. The minimum Gasteiger partial charge on any atom is -0.296 e. The Morgan fingerprint density at radius 1 is 1.08 bits per heavy atom. The molecule has 0 spiro atoms. The summed E-state index contributed by atoms with van der Waals surface area (Å²) in [5.74, 6) is -0.204. The molecule has 0 aliphatic carbocycles. The predicted molar refractivity (Wildman–Crippen MR) is 100 cm³/mol. The lowest BCUT2D eigenvalue weighted by Crippen LogP contribution is -2.15. The van der Waals surface area contributed by atoms with Gasteiger partial charge in [0, 0.05) is 17.1 Å². The number of rotatable bonds is 3. The molecule has 0 saturated heterocycles. The van der Waals surface area contributed by atoms with Crippen LogP contribution in [-0.2, 0) is 0 Å². The summed E-state index contributed by atoms with van der Waals surface area (Å²) in [7, 11) is 0. The van der Waals surface area contributed by atoms with Gasteiger partial charge in [0.15, 0.2) is 5.13 Å². The first kappa shape index (κ1) is 15.5. The molecule has 4 aromatic rings. The largest absolute Gasteiger partial charge is 0.296 e. The van der Waals surface area contributed by atoms with Gasteiger partial charge in [-0.2, -0.15) is 0 Å². The minimum absolute atomic E-state index is 0.204. The third-order valence-corrected chi connectivity index (χ3v) is 4.79. The molecule has 25 heavy (non-hydrogen) atoms. The van der Waals surface area contributed by atoms with Crippen LogP contribution in [0.3, 0.4) is 0 Å². The van der Waals surface area contributed by atoms with Gasteiger partial charge in [0.1, 0.15) is 11.3 Å². The number of nitrogens with one attached hydrogen (secondary N) is 1. The molecule has 124 valence electrons. The highest BCUT2D eigenvalue weighted by molar-refractivity contribution is 7.14. The fraction of sp³-hybridized carbons (Fsp3) is 0.105. The molecule has 0 aliphatic heterocycles. The molecule has 0 atom stereocenters. The maximum Gasteiger partial charge on any atom is 0.276 e. The summed E-state index contributed by atoms with van der Waals surface area (Å²) >= 11 is 1.41. The number of hydrogen-bond acceptors (Lipinski definition) is 4. The maximum absolute atomic E-state index is 12.8. The van der Waals surface area contributed by atoms with E-state index in [1.165, 1.54) is 11.3 Å². The van der Waals surface area contributed by atoms with Crippen LogP contribution in [0.25, 0.3) is 16.9 Å². The summed E-state index contributed by atoms with van der Waals surface area (Å²) in [6.07, 6.45) is 1.86. The Bertz CT molecular complexity index is 1070. The van der Waals surface area contributed by atoms with Gasteiger partial charge in [-0.25, -0.2) is 9.97 Å². The van der Waals surface area contributed by atoms with E-state index < -0.39 is 0 Å². The van der Waals surface area contributed by atoms with E-state index in [0.717, 1.165) is 22.5 Å². The minimum atomic E-state index is -0.204. The zero-order valence-electron chi connectivity index (χ0n) is 13.9. The highest BCUT2D eigenvalue weighted by Crippen LogP contribution is 2.25. The SMILES string of the molecule is Cc1nc2c(C)cccn2c1C(=O)Nc1nc(-c2ccccc2)cs1. The number of carbonyl (C=O) groups is 1. The summed E-state index contributed by atoms with van der Waals surface area (Å²) in [6, 6.07) is 13.8. The van der Waals surface area contributed by atoms with Crippen LogP contribution in [0.15, 0.2) is 54.0 Å². The van der Waals surface area contributed by atoms with Crippen LogP contribution in [0.1, 0.15) is 21.7 Å². The molecule has 0 radical (unpaired) electrons. The van der Waals surface area contributed by atoms with Gasteiger partial charge in [0.05, 0.1) is 11.4 Å². The molecule has 0 unspecified atom stereocenters. The number of nitrogens with zero attached hydrogens (tertiary/aromatic N) is 3. The van der Waals surface area contributed by atoms with Gasteiger partial charge in [0.2, 0.25) is 0 Å². The Morgan fingerprint density at radius 3 is 2.68 bits per heavy atom. The molecular weight excluding hydrogens is 332 g/mol. The molecule has 4 rings (SSSR count). The number of aryl methyl sites for hydroxylation is 2. The fourth-order valence-corrected chi connectivity index (χ4v) is 3.53. The first-order valence-electron chi connectivity index (χ1n) is 7.90. The molecule has 3 heterocycles. The third-order valence-electron chi connectivity index (χ3n) is 4.03. The van der Waals surface area contributed by atoms with Crippen molar-refractivity contribution in [1.82, 2.24) is 14.4 Å². The highest BCUT2D eigenvalue weighted by Gasteiger charge is 2.18. The van der Waals surface area contributed by atoms with E-state index in [2.05, 4.69) is 15.3 Å². The number of pyridine rings is 1. The van der Waals surface area contributed by atoms with Crippen LogP contribution in [0.2, 0.25) is 0 Å². The fourth-order valence-electron chi connectivity index (χ4n) is 2.82. The second-order valence-electron chi connectivity index (χ2n) is 5.79. The second-order valence-corrected chi connectivity index (χ2v) is 6.65. The Labute approximate surface area is 149 Å². The zero-order valence-corrected chi connectivity index (χ0v) is 14.7. The lowest BCUT2D eigenvalue weighted by molar-refractivity contribution is 0.102. The summed E-state index contributed by atoms with van der Waals surface area (Å²) < 4.78 is 1.83. The Balaban J connectivity index is 1.64. The van der Waals surface area contributed by atoms with E-state index >= 15 is 0 Å². The van der Waals surface area contributed by atoms with Crippen LogP contribution >= 0.6 is 11.3 Å². The average Bonchev–Trinajstić information content (AvgIpc) is 3.20. The van der Waals surface area contributed by atoms with Gasteiger partial charge in [0.25, 0.3) is 5.91 Å². The number of carbonyl (C=O) groups excluding carboxylic acids is 1. The van der Waals surface area contributed by atoms with Crippen LogP contribution in [0.5, 0.6) is 0 Å². The van der Waals surface area contributed by atoms with Crippen molar-refractivity contribution < 1.29 is 4.79 Å². The number of amides is 1. The molecule has 3 aromatic heterocycles. The highest BCUT2D eigenvalue weighted by atomic mass is 32.1. The monoisotopic (exact) mass is 348 g/mol. The van der Waals surface area contributed by atoms with E-state index in [1.54, 1.807) is 0 Å². The summed E-state index contributed by atoms with van der Waals surface area (Å²) in [6.45, 7) is 3.83. The number of thiazole rings is 1. The van der Waals surface area contributed by atoms with Crippen LogP contribution < -0.4 is 5.32 Å².